The number of carbonyl (C=O) groups excluding carboxylic acids is 1. The van der Waals surface area contributed by atoms with E-state index in [9.17, 15) is 14.9 Å². The molecule has 1 heterocycles. The van der Waals surface area contributed by atoms with Gasteiger partial charge >= 0.3 is 11.7 Å². The summed E-state index contributed by atoms with van der Waals surface area (Å²) in [5.74, 6) is -0.0249. The summed E-state index contributed by atoms with van der Waals surface area (Å²) in [6.45, 7) is 0. The fourth-order valence-corrected chi connectivity index (χ4v) is 2.10. The Labute approximate surface area is 106 Å². The van der Waals surface area contributed by atoms with Crippen molar-refractivity contribution in [1.29, 1.82) is 0 Å². The minimum Gasteiger partial charge on any atom is -0.469 e. The summed E-state index contributed by atoms with van der Waals surface area (Å²) >= 11 is 6.75. The van der Waals surface area contributed by atoms with Crippen LogP contribution in [0.3, 0.4) is 0 Å². The molecule has 1 aromatic heterocycles. The zero-order valence-corrected chi connectivity index (χ0v) is 10.5. The van der Waals surface area contributed by atoms with Crippen molar-refractivity contribution >= 4 is 35.0 Å². The number of hydrogen-bond acceptors (Lipinski definition) is 6. The van der Waals surface area contributed by atoms with Gasteiger partial charge in [0.05, 0.1) is 18.5 Å². The van der Waals surface area contributed by atoms with Crippen molar-refractivity contribution < 1.29 is 14.5 Å². The lowest BCUT2D eigenvalue weighted by Crippen LogP contribution is -2.02. The van der Waals surface area contributed by atoms with Crippen molar-refractivity contribution in [2.24, 2.45) is 0 Å². The highest BCUT2D eigenvalue weighted by Gasteiger charge is 2.16. The highest BCUT2D eigenvalue weighted by molar-refractivity contribution is 7.99. The second-order valence-electron chi connectivity index (χ2n) is 2.89. The van der Waals surface area contributed by atoms with E-state index < -0.39 is 4.92 Å². The monoisotopic (exact) mass is 276 g/mol. The van der Waals surface area contributed by atoms with Gasteiger partial charge in [-0.3, -0.25) is 14.9 Å². The number of halogens is 1. The number of rotatable bonds is 5. The quantitative estimate of drug-likeness (QED) is 0.270. The van der Waals surface area contributed by atoms with Crippen molar-refractivity contribution in [3.8, 4) is 0 Å². The second-order valence-corrected chi connectivity index (χ2v) is 4.36. The van der Waals surface area contributed by atoms with Gasteiger partial charge in [0.1, 0.15) is 5.15 Å². The number of esters is 1. The largest absolute Gasteiger partial charge is 0.469 e. The summed E-state index contributed by atoms with van der Waals surface area (Å²) in [4.78, 5) is 24.9. The van der Waals surface area contributed by atoms with Crippen molar-refractivity contribution in [3.63, 3.8) is 0 Å². The smallest absolute Gasteiger partial charge is 0.306 e. The molecule has 8 heteroatoms. The molecule has 1 rings (SSSR count). The Hall–Kier alpha value is -1.34. The van der Waals surface area contributed by atoms with E-state index in [-0.39, 0.29) is 28.3 Å². The maximum atomic E-state index is 10.9. The van der Waals surface area contributed by atoms with Crippen LogP contribution in [0.15, 0.2) is 17.2 Å². The van der Waals surface area contributed by atoms with Gasteiger partial charge in [-0.05, 0) is 6.07 Å². The molecule has 0 aliphatic heterocycles. The van der Waals surface area contributed by atoms with Gasteiger partial charge in [-0.2, -0.15) is 0 Å². The highest BCUT2D eigenvalue weighted by Crippen LogP contribution is 2.28. The number of thioether (sulfide) groups is 1. The third kappa shape index (κ3) is 4.20. The second kappa shape index (κ2) is 6.41. The summed E-state index contributed by atoms with van der Waals surface area (Å²) in [7, 11) is 1.28. The molecule has 1 aromatic rings. The Morgan fingerprint density at radius 3 is 2.94 bits per heavy atom. The van der Waals surface area contributed by atoms with E-state index in [1.807, 2.05) is 0 Å². The minimum atomic E-state index is -0.538. The number of hydrogen-bond donors (Lipinski definition) is 0. The highest BCUT2D eigenvalue weighted by atomic mass is 35.5. The number of nitro groups is 1. The zero-order chi connectivity index (χ0) is 12.8. The molecular weight excluding hydrogens is 268 g/mol. The van der Waals surface area contributed by atoms with Crippen molar-refractivity contribution in [2.75, 3.05) is 12.9 Å². The van der Waals surface area contributed by atoms with Gasteiger partial charge in [-0.15, -0.1) is 0 Å². The number of ether oxygens (including phenoxy) is 1. The van der Waals surface area contributed by atoms with E-state index in [1.165, 1.54) is 19.2 Å². The van der Waals surface area contributed by atoms with Gasteiger partial charge in [-0.25, -0.2) is 4.98 Å². The molecule has 0 aromatic carbocycles. The lowest BCUT2D eigenvalue weighted by Gasteiger charge is -2.02. The van der Waals surface area contributed by atoms with Gasteiger partial charge in [0.15, 0.2) is 5.03 Å². The van der Waals surface area contributed by atoms with Crippen LogP contribution in [0, 0.1) is 10.1 Å². The number of methoxy groups -OCH3 is 1. The number of pyridine rings is 1. The van der Waals surface area contributed by atoms with Crippen LogP contribution in [0.5, 0.6) is 0 Å². The predicted octanol–water partition coefficient (Wildman–Crippen LogP) is 2.30. The minimum absolute atomic E-state index is 0.121. The van der Waals surface area contributed by atoms with Crippen LogP contribution in [0.2, 0.25) is 5.15 Å². The van der Waals surface area contributed by atoms with Crippen LogP contribution in [0.25, 0.3) is 0 Å². The molecule has 0 spiro atoms. The lowest BCUT2D eigenvalue weighted by atomic mass is 10.4. The molecular formula is C9H9ClN2O4S. The van der Waals surface area contributed by atoms with Crippen molar-refractivity contribution in [1.82, 2.24) is 4.98 Å². The molecule has 0 radical (unpaired) electrons. The lowest BCUT2D eigenvalue weighted by molar-refractivity contribution is -0.388. The van der Waals surface area contributed by atoms with Crippen LogP contribution in [0.4, 0.5) is 5.69 Å². The van der Waals surface area contributed by atoms with Crippen LogP contribution < -0.4 is 0 Å². The molecule has 6 nitrogen and oxygen atoms in total. The Morgan fingerprint density at radius 1 is 1.65 bits per heavy atom. The fraction of sp³-hybridized carbons (Fsp3) is 0.333. The van der Waals surface area contributed by atoms with E-state index in [0.29, 0.717) is 5.75 Å². The van der Waals surface area contributed by atoms with Crippen LogP contribution in [-0.2, 0) is 9.53 Å². The standard InChI is InChI=1S/C9H9ClN2O4S/c1-16-8(13)4-5-17-9-6(12(14)15)2-3-7(10)11-9/h2-3H,4-5H2,1H3. The third-order valence-corrected chi connectivity index (χ3v) is 2.97. The topological polar surface area (TPSA) is 82.3 Å². The number of nitrogens with zero attached hydrogens (tertiary/aromatic N) is 2. The van der Waals surface area contributed by atoms with Gasteiger partial charge in [0, 0.05) is 11.8 Å². The average molecular weight is 277 g/mol. The molecule has 0 bridgehead atoms. The molecule has 0 fully saturated rings. The van der Waals surface area contributed by atoms with Gasteiger partial charge in [-0.1, -0.05) is 23.4 Å². The molecule has 0 atom stereocenters. The zero-order valence-electron chi connectivity index (χ0n) is 8.88. The molecule has 0 saturated carbocycles. The maximum absolute atomic E-state index is 10.9. The normalized spacial score (nSPS) is 10.0. The summed E-state index contributed by atoms with van der Waals surface area (Å²) in [6.07, 6.45) is 0.159. The van der Waals surface area contributed by atoms with Gasteiger partial charge in [0.25, 0.3) is 0 Å². The first kappa shape index (κ1) is 13.7. The molecule has 0 N–H and O–H groups in total. The first-order valence-electron chi connectivity index (χ1n) is 4.55. The number of carbonyl (C=O) groups is 1. The van der Waals surface area contributed by atoms with E-state index in [0.717, 1.165) is 11.8 Å². The molecule has 0 amide bonds. The van der Waals surface area contributed by atoms with Crippen molar-refractivity contribution in [3.05, 3.63) is 27.4 Å². The van der Waals surface area contributed by atoms with E-state index >= 15 is 0 Å². The van der Waals surface area contributed by atoms with Crippen LogP contribution in [0.1, 0.15) is 6.42 Å². The summed E-state index contributed by atoms with van der Waals surface area (Å²) in [5.41, 5.74) is -0.121. The summed E-state index contributed by atoms with van der Waals surface area (Å²) in [5, 5.41) is 11.1. The average Bonchev–Trinajstić information content (AvgIpc) is 2.28. The maximum Gasteiger partial charge on any atom is 0.306 e. The third-order valence-electron chi connectivity index (χ3n) is 1.78. The summed E-state index contributed by atoms with van der Waals surface area (Å²) in [6, 6.07) is 2.64. The van der Waals surface area contributed by atoms with Gasteiger partial charge < -0.3 is 4.74 Å². The molecule has 17 heavy (non-hydrogen) atoms. The first-order valence-corrected chi connectivity index (χ1v) is 5.91. The predicted molar refractivity (Wildman–Crippen MR) is 63.3 cm³/mol. The van der Waals surface area contributed by atoms with E-state index in [1.54, 1.807) is 0 Å². The Morgan fingerprint density at radius 2 is 2.35 bits per heavy atom. The molecule has 0 aliphatic carbocycles. The first-order chi connectivity index (χ1) is 8.04. The molecule has 0 aliphatic rings. The SMILES string of the molecule is COC(=O)CCSc1nc(Cl)ccc1[N+](=O)[O-]. The molecule has 0 saturated heterocycles. The Kier molecular flexibility index (Phi) is 5.17. The van der Waals surface area contributed by atoms with Crippen LogP contribution >= 0.6 is 23.4 Å². The summed E-state index contributed by atoms with van der Waals surface area (Å²) < 4.78 is 4.46. The fourth-order valence-electron chi connectivity index (χ4n) is 0.989. The van der Waals surface area contributed by atoms with Crippen LogP contribution in [-0.4, -0.2) is 28.7 Å². The molecule has 92 valence electrons. The Bertz CT molecular complexity index is 441. The molecule has 0 unspecified atom stereocenters. The van der Waals surface area contributed by atoms with Crippen molar-refractivity contribution in [2.45, 2.75) is 11.4 Å². The Balaban J connectivity index is 2.72. The van der Waals surface area contributed by atoms with E-state index in [4.69, 9.17) is 11.6 Å². The van der Waals surface area contributed by atoms with E-state index in [2.05, 4.69) is 9.72 Å². The van der Waals surface area contributed by atoms with Gasteiger partial charge in [0.2, 0.25) is 0 Å². The number of aromatic nitrogens is 1.